The van der Waals surface area contributed by atoms with E-state index in [-0.39, 0.29) is 0 Å². The Morgan fingerprint density at radius 1 is 1.50 bits per heavy atom. The van der Waals surface area contributed by atoms with Gasteiger partial charge in [0.15, 0.2) is 0 Å². The van der Waals surface area contributed by atoms with Crippen molar-refractivity contribution in [2.24, 2.45) is 5.73 Å². The minimum absolute atomic E-state index is 0.403. The van der Waals surface area contributed by atoms with E-state index in [1.54, 1.807) is 21.6 Å². The van der Waals surface area contributed by atoms with Crippen LogP contribution in [0.1, 0.15) is 14.7 Å². The second-order valence-electron chi connectivity index (χ2n) is 1.34. The van der Waals surface area contributed by atoms with Crippen molar-refractivity contribution in [2.75, 3.05) is 18.0 Å². The van der Waals surface area contributed by atoms with Gasteiger partial charge in [-0.1, -0.05) is 28.5 Å². The topological polar surface area (TPSA) is 26.0 Å². The summed E-state index contributed by atoms with van der Waals surface area (Å²) >= 11 is 0. The van der Waals surface area contributed by atoms with Gasteiger partial charge in [-0.05, 0) is 6.42 Å². The Bertz CT molecular complexity index is 60.9. The molecule has 0 heterocycles. The van der Waals surface area contributed by atoms with Crippen LogP contribution < -0.4 is 5.73 Å². The van der Waals surface area contributed by atoms with Crippen LogP contribution in [0.2, 0.25) is 0 Å². The highest BCUT2D eigenvalue weighted by Gasteiger charge is 1.83. The Morgan fingerprint density at radius 3 is 2.62 bits per heavy atom. The zero-order valence-corrected chi connectivity index (χ0v) is 6.73. The molecule has 0 saturated carbocycles. The van der Waals surface area contributed by atoms with Gasteiger partial charge in [0.2, 0.25) is 0 Å². The molecule has 50 valence electrons. The molecule has 2 N–H and O–H groups in total. The van der Waals surface area contributed by atoms with Crippen LogP contribution in [0.5, 0.6) is 0 Å². The average Bonchev–Trinajstić information content (AvgIpc) is 1.80. The number of hydrogen-bond donors (Lipinski definition) is 1. The monoisotopic (exact) mass is 152 g/mol. The van der Waals surface area contributed by atoms with E-state index in [0.29, 0.717) is 0 Å². The van der Waals surface area contributed by atoms with E-state index in [2.05, 4.69) is 6.92 Å². The molecule has 0 radical (unpaired) electrons. The van der Waals surface area contributed by atoms with Crippen LogP contribution in [0.25, 0.3) is 0 Å². The SMILES string of the molecule is [2H]C(N)CSSCCC. The molecule has 0 aromatic carbocycles. The summed E-state index contributed by atoms with van der Waals surface area (Å²) in [5.41, 5.74) is 5.21. The predicted molar refractivity (Wildman–Crippen MR) is 44.3 cm³/mol. The molecule has 0 rings (SSSR count). The van der Waals surface area contributed by atoms with Gasteiger partial charge in [0.1, 0.15) is 0 Å². The molecule has 0 aliphatic heterocycles. The molecule has 1 nitrogen and oxygen atoms in total. The van der Waals surface area contributed by atoms with Gasteiger partial charge in [-0.25, -0.2) is 0 Å². The molecular weight excluding hydrogens is 138 g/mol. The quantitative estimate of drug-likeness (QED) is 0.480. The molecule has 0 saturated heterocycles. The largest absolute Gasteiger partial charge is 0.330 e. The second kappa shape index (κ2) is 7.66. The minimum atomic E-state index is -0.403. The van der Waals surface area contributed by atoms with E-state index in [1.807, 2.05) is 0 Å². The fraction of sp³-hybridized carbons (Fsp3) is 1.00. The molecule has 0 spiro atoms. The van der Waals surface area contributed by atoms with Crippen LogP contribution in [0.4, 0.5) is 0 Å². The number of rotatable bonds is 5. The third kappa shape index (κ3) is 6.66. The van der Waals surface area contributed by atoms with Gasteiger partial charge in [-0.15, -0.1) is 0 Å². The van der Waals surface area contributed by atoms with E-state index in [9.17, 15) is 0 Å². The molecular formula is C5H13NS2. The van der Waals surface area contributed by atoms with Crippen LogP contribution in [0.15, 0.2) is 0 Å². The van der Waals surface area contributed by atoms with Crippen molar-refractivity contribution in [3.63, 3.8) is 0 Å². The van der Waals surface area contributed by atoms with Gasteiger partial charge in [0.25, 0.3) is 0 Å². The molecule has 0 aliphatic rings. The lowest BCUT2D eigenvalue weighted by Gasteiger charge is -1.93. The molecule has 0 amide bonds. The average molecular weight is 152 g/mol. The van der Waals surface area contributed by atoms with Crippen LogP contribution in [-0.4, -0.2) is 18.0 Å². The van der Waals surface area contributed by atoms with E-state index in [4.69, 9.17) is 7.10 Å². The highest BCUT2D eigenvalue weighted by molar-refractivity contribution is 8.76. The standard InChI is InChI=1S/C5H13NS2/c1-2-4-7-8-5-3-6/h2-6H2,1H3/i3D. The summed E-state index contributed by atoms with van der Waals surface area (Å²) in [4.78, 5) is 0. The smallest absolute Gasteiger partial charge is 0.0434 e. The summed E-state index contributed by atoms with van der Waals surface area (Å²) < 4.78 is 6.96. The van der Waals surface area contributed by atoms with Gasteiger partial charge in [0, 0.05) is 19.4 Å². The third-order valence-corrected chi connectivity index (χ3v) is 3.01. The maximum atomic E-state index is 6.96. The highest BCUT2D eigenvalue weighted by atomic mass is 33.1. The number of hydrogen-bond acceptors (Lipinski definition) is 3. The molecule has 8 heavy (non-hydrogen) atoms. The first-order valence-corrected chi connectivity index (χ1v) is 5.18. The summed E-state index contributed by atoms with van der Waals surface area (Å²) in [6, 6.07) is 0. The predicted octanol–water partition coefficient (Wildman–Crippen LogP) is 1.74. The van der Waals surface area contributed by atoms with Gasteiger partial charge >= 0.3 is 0 Å². The van der Waals surface area contributed by atoms with Crippen molar-refractivity contribution in [3.05, 3.63) is 0 Å². The van der Waals surface area contributed by atoms with E-state index >= 15 is 0 Å². The fourth-order valence-electron chi connectivity index (χ4n) is 0.230. The summed E-state index contributed by atoms with van der Waals surface area (Å²) in [5.74, 6) is 1.90. The zero-order valence-electron chi connectivity index (χ0n) is 6.09. The van der Waals surface area contributed by atoms with Gasteiger partial charge in [-0.2, -0.15) is 0 Å². The Labute approximate surface area is 60.6 Å². The third-order valence-electron chi connectivity index (χ3n) is 0.535. The van der Waals surface area contributed by atoms with Gasteiger partial charge in [0.05, 0.1) is 0 Å². The first kappa shape index (κ1) is 6.78. The van der Waals surface area contributed by atoms with Crippen LogP contribution >= 0.6 is 21.6 Å². The lowest BCUT2D eigenvalue weighted by Crippen LogP contribution is -1.99. The molecule has 0 aromatic heterocycles. The molecule has 1 atom stereocenters. The van der Waals surface area contributed by atoms with Crippen molar-refractivity contribution >= 4 is 21.6 Å². The van der Waals surface area contributed by atoms with Crippen LogP contribution in [0, 0.1) is 0 Å². The van der Waals surface area contributed by atoms with Crippen molar-refractivity contribution in [1.29, 1.82) is 0 Å². The first-order chi connectivity index (χ1) is 4.27. The van der Waals surface area contributed by atoms with Crippen LogP contribution in [0.3, 0.4) is 0 Å². The summed E-state index contributed by atoms with van der Waals surface area (Å²) in [7, 11) is 3.49. The van der Waals surface area contributed by atoms with Crippen molar-refractivity contribution in [2.45, 2.75) is 13.3 Å². The van der Waals surface area contributed by atoms with E-state index in [1.165, 1.54) is 6.42 Å². The van der Waals surface area contributed by atoms with Gasteiger partial charge in [-0.3, -0.25) is 0 Å². The number of nitrogens with two attached hydrogens (primary N) is 1. The van der Waals surface area contributed by atoms with Gasteiger partial charge < -0.3 is 5.73 Å². The van der Waals surface area contributed by atoms with E-state index < -0.39 is 6.52 Å². The second-order valence-corrected chi connectivity index (χ2v) is 3.97. The normalized spacial score (nSPS) is 15.5. The Hall–Kier alpha value is 0.660. The maximum Gasteiger partial charge on any atom is 0.0434 e. The molecule has 3 heteroatoms. The molecule has 1 unspecified atom stereocenters. The molecule has 0 bridgehead atoms. The minimum Gasteiger partial charge on any atom is -0.330 e. The summed E-state index contributed by atoms with van der Waals surface area (Å²) in [6.07, 6.45) is 1.20. The Kier molecular flexibility index (Phi) is 6.49. The maximum absolute atomic E-state index is 6.96. The molecule has 0 aromatic rings. The van der Waals surface area contributed by atoms with Crippen LogP contribution in [-0.2, 0) is 0 Å². The van der Waals surface area contributed by atoms with Crippen molar-refractivity contribution in [1.82, 2.24) is 0 Å². The zero-order chi connectivity index (χ0) is 7.11. The highest BCUT2D eigenvalue weighted by Crippen LogP contribution is 2.20. The summed E-state index contributed by atoms with van der Waals surface area (Å²) in [5, 5.41) is 0. The first-order valence-electron chi connectivity index (χ1n) is 3.27. The van der Waals surface area contributed by atoms with E-state index in [0.717, 1.165) is 11.5 Å². The van der Waals surface area contributed by atoms with Crippen molar-refractivity contribution < 1.29 is 1.37 Å². The molecule has 0 fully saturated rings. The van der Waals surface area contributed by atoms with Crippen molar-refractivity contribution in [3.8, 4) is 0 Å². The Balaban J connectivity index is 2.75. The Morgan fingerprint density at radius 2 is 2.12 bits per heavy atom. The fourth-order valence-corrected chi connectivity index (χ4v) is 2.07. The molecule has 0 aliphatic carbocycles. The lowest BCUT2D eigenvalue weighted by atomic mass is 10.6. The summed E-state index contributed by atoms with van der Waals surface area (Å²) in [6.45, 7) is 1.74. The lowest BCUT2D eigenvalue weighted by molar-refractivity contribution is 1.11.